The fourth-order valence-electron chi connectivity index (χ4n) is 4.00. The van der Waals surface area contributed by atoms with Crippen molar-refractivity contribution in [3.05, 3.63) is 29.1 Å². The Morgan fingerprint density at radius 1 is 1.09 bits per heavy atom. The molecule has 1 aromatic carbocycles. The molecule has 0 amide bonds. The SMILES string of the molecule is Cc1nc(N2CCN(c3ccc(Cl)cc3S(=O)(=O)N3CCC(NS(C)(=O)=O)C3)CC2)no1. The number of aromatic nitrogens is 2. The van der Waals surface area contributed by atoms with Gasteiger partial charge in [-0.15, -0.1) is 0 Å². The van der Waals surface area contributed by atoms with Gasteiger partial charge in [-0.2, -0.15) is 9.29 Å². The van der Waals surface area contributed by atoms with E-state index in [1.165, 1.54) is 10.4 Å². The van der Waals surface area contributed by atoms with Gasteiger partial charge in [0.15, 0.2) is 0 Å². The monoisotopic (exact) mass is 504 g/mol. The fourth-order valence-corrected chi connectivity index (χ4v) is 6.78. The third-order valence-electron chi connectivity index (χ3n) is 5.49. The maximum atomic E-state index is 13.5. The molecule has 2 aliphatic rings. The summed E-state index contributed by atoms with van der Waals surface area (Å²) < 4.78 is 58.8. The molecule has 2 aliphatic heterocycles. The second-order valence-electron chi connectivity index (χ2n) is 7.94. The van der Waals surface area contributed by atoms with Crippen molar-refractivity contribution in [2.75, 3.05) is 55.3 Å². The van der Waals surface area contributed by atoms with Gasteiger partial charge in [0, 0.05) is 57.3 Å². The van der Waals surface area contributed by atoms with E-state index in [1.54, 1.807) is 19.1 Å². The van der Waals surface area contributed by atoms with Gasteiger partial charge in [-0.1, -0.05) is 11.6 Å². The van der Waals surface area contributed by atoms with E-state index in [1.807, 2.05) is 9.80 Å². The highest BCUT2D eigenvalue weighted by Crippen LogP contribution is 2.33. The first-order chi connectivity index (χ1) is 15.0. The van der Waals surface area contributed by atoms with Crippen LogP contribution in [0.5, 0.6) is 0 Å². The smallest absolute Gasteiger partial charge is 0.266 e. The number of anilines is 2. The molecule has 0 radical (unpaired) electrons. The van der Waals surface area contributed by atoms with Crippen LogP contribution in [0.3, 0.4) is 0 Å². The lowest BCUT2D eigenvalue weighted by Gasteiger charge is -2.36. The van der Waals surface area contributed by atoms with Crippen LogP contribution in [-0.4, -0.2) is 82.8 Å². The summed E-state index contributed by atoms with van der Waals surface area (Å²) in [6.45, 7) is 4.37. The highest BCUT2D eigenvalue weighted by atomic mass is 35.5. The number of hydrogen-bond acceptors (Lipinski definition) is 9. The average Bonchev–Trinajstić information content (AvgIpc) is 3.36. The van der Waals surface area contributed by atoms with Crippen LogP contribution in [0.4, 0.5) is 11.6 Å². The highest BCUT2D eigenvalue weighted by Gasteiger charge is 2.36. The molecular formula is C18H25ClN6O5S2. The number of sulfonamides is 2. The molecule has 2 aromatic rings. The molecule has 3 heterocycles. The van der Waals surface area contributed by atoms with Gasteiger partial charge in [0.05, 0.1) is 11.9 Å². The number of nitrogens with zero attached hydrogens (tertiary/aromatic N) is 5. The Balaban J connectivity index is 1.54. The van der Waals surface area contributed by atoms with E-state index < -0.39 is 26.1 Å². The standard InChI is InChI=1S/C18H25ClN6O5S2/c1-13-20-18(21-30-13)24-9-7-23(8-10-24)16-4-3-14(19)11-17(16)32(28,29)25-6-5-15(12-25)22-31(2,26)27/h3-4,11,15,22H,5-10,12H2,1-2H3. The lowest BCUT2D eigenvalue weighted by molar-refractivity contribution is 0.392. The summed E-state index contributed by atoms with van der Waals surface area (Å²) in [4.78, 5) is 8.35. The van der Waals surface area contributed by atoms with E-state index in [0.29, 0.717) is 55.1 Å². The van der Waals surface area contributed by atoms with E-state index >= 15 is 0 Å². The van der Waals surface area contributed by atoms with Crippen LogP contribution in [0.2, 0.25) is 5.02 Å². The third-order valence-corrected chi connectivity index (χ3v) is 8.38. The molecule has 4 rings (SSSR count). The van der Waals surface area contributed by atoms with Gasteiger partial charge >= 0.3 is 0 Å². The van der Waals surface area contributed by atoms with Gasteiger partial charge in [-0.05, 0) is 29.8 Å². The van der Waals surface area contributed by atoms with Gasteiger partial charge < -0.3 is 14.3 Å². The minimum Gasteiger partial charge on any atom is -0.367 e. The van der Waals surface area contributed by atoms with Crippen molar-refractivity contribution in [1.82, 2.24) is 19.2 Å². The quantitative estimate of drug-likeness (QED) is 0.603. The minimum absolute atomic E-state index is 0.0757. The van der Waals surface area contributed by atoms with Crippen LogP contribution >= 0.6 is 11.6 Å². The predicted molar refractivity (Wildman–Crippen MR) is 120 cm³/mol. The number of aryl methyl sites for hydroxylation is 1. The zero-order chi connectivity index (χ0) is 23.1. The molecule has 2 fully saturated rings. The summed E-state index contributed by atoms with van der Waals surface area (Å²) >= 11 is 6.16. The minimum atomic E-state index is -3.87. The first-order valence-corrected chi connectivity index (χ1v) is 13.8. The van der Waals surface area contributed by atoms with Gasteiger partial charge in [-0.3, -0.25) is 0 Å². The molecular weight excluding hydrogens is 480 g/mol. The Morgan fingerprint density at radius 2 is 1.78 bits per heavy atom. The summed E-state index contributed by atoms with van der Waals surface area (Å²) in [5.74, 6) is 1.01. The zero-order valence-corrected chi connectivity index (χ0v) is 20.1. The highest BCUT2D eigenvalue weighted by molar-refractivity contribution is 7.89. The first-order valence-electron chi connectivity index (χ1n) is 10.1. The molecule has 176 valence electrons. The lowest BCUT2D eigenvalue weighted by Crippen LogP contribution is -2.47. The molecule has 14 heteroatoms. The zero-order valence-electron chi connectivity index (χ0n) is 17.7. The molecule has 2 saturated heterocycles. The lowest BCUT2D eigenvalue weighted by atomic mass is 10.2. The molecule has 0 bridgehead atoms. The second-order valence-corrected chi connectivity index (χ2v) is 12.1. The molecule has 1 atom stereocenters. The van der Waals surface area contributed by atoms with Crippen molar-refractivity contribution in [3.8, 4) is 0 Å². The molecule has 1 unspecified atom stereocenters. The first kappa shape index (κ1) is 23.2. The largest absolute Gasteiger partial charge is 0.367 e. The maximum Gasteiger partial charge on any atom is 0.266 e. The van der Waals surface area contributed by atoms with Crippen LogP contribution < -0.4 is 14.5 Å². The van der Waals surface area contributed by atoms with E-state index in [4.69, 9.17) is 16.1 Å². The van der Waals surface area contributed by atoms with Crippen LogP contribution in [0.25, 0.3) is 0 Å². The molecule has 0 spiro atoms. The Labute approximate surface area is 192 Å². The van der Waals surface area contributed by atoms with Crippen molar-refractivity contribution in [2.45, 2.75) is 24.3 Å². The predicted octanol–water partition coefficient (Wildman–Crippen LogP) is 0.670. The summed E-state index contributed by atoms with van der Waals surface area (Å²) in [6, 6.07) is 4.39. The number of rotatable bonds is 6. The van der Waals surface area contributed by atoms with Gasteiger partial charge in [0.25, 0.3) is 5.95 Å². The van der Waals surface area contributed by atoms with Crippen molar-refractivity contribution in [1.29, 1.82) is 0 Å². The summed E-state index contributed by atoms with van der Waals surface area (Å²) in [6.07, 6.45) is 1.47. The molecule has 32 heavy (non-hydrogen) atoms. The van der Waals surface area contributed by atoms with Crippen LogP contribution in [0.1, 0.15) is 12.3 Å². The van der Waals surface area contributed by atoms with Gasteiger partial charge in [0.1, 0.15) is 4.90 Å². The van der Waals surface area contributed by atoms with Crippen molar-refractivity contribution < 1.29 is 21.4 Å². The molecule has 1 aromatic heterocycles. The van der Waals surface area contributed by atoms with Gasteiger partial charge in [0.2, 0.25) is 25.9 Å². The average molecular weight is 505 g/mol. The van der Waals surface area contributed by atoms with E-state index in [2.05, 4.69) is 14.9 Å². The van der Waals surface area contributed by atoms with E-state index in [9.17, 15) is 16.8 Å². The third kappa shape index (κ3) is 5.01. The Bertz CT molecular complexity index is 1190. The van der Waals surface area contributed by atoms with Crippen molar-refractivity contribution in [2.24, 2.45) is 0 Å². The van der Waals surface area contributed by atoms with Crippen LogP contribution in [0.15, 0.2) is 27.6 Å². The maximum absolute atomic E-state index is 13.5. The number of benzene rings is 1. The number of hydrogen-bond donors (Lipinski definition) is 1. The Kier molecular flexibility index (Phi) is 6.38. The Hall–Kier alpha value is -1.93. The Morgan fingerprint density at radius 3 is 2.41 bits per heavy atom. The normalized spacial score (nSPS) is 20.8. The number of piperazine rings is 1. The van der Waals surface area contributed by atoms with Crippen molar-refractivity contribution >= 4 is 43.3 Å². The van der Waals surface area contributed by atoms with Crippen LogP contribution in [0, 0.1) is 6.92 Å². The number of halogens is 1. The molecule has 0 saturated carbocycles. The summed E-state index contributed by atoms with van der Waals surface area (Å²) in [7, 11) is -7.30. The molecule has 0 aliphatic carbocycles. The number of nitrogens with one attached hydrogen (secondary N) is 1. The van der Waals surface area contributed by atoms with E-state index in [-0.39, 0.29) is 18.0 Å². The van der Waals surface area contributed by atoms with Crippen LogP contribution in [-0.2, 0) is 20.0 Å². The van der Waals surface area contributed by atoms with Gasteiger partial charge in [-0.25, -0.2) is 21.6 Å². The van der Waals surface area contributed by atoms with E-state index in [0.717, 1.165) is 6.26 Å². The molecule has 11 nitrogen and oxygen atoms in total. The van der Waals surface area contributed by atoms with Crippen molar-refractivity contribution in [3.63, 3.8) is 0 Å². The summed E-state index contributed by atoms with van der Waals surface area (Å²) in [5.41, 5.74) is 0.567. The topological polar surface area (TPSA) is 129 Å². The molecule has 1 N–H and O–H groups in total. The second kappa shape index (κ2) is 8.78. The summed E-state index contributed by atoms with van der Waals surface area (Å²) in [5, 5.41) is 4.26. The fraction of sp³-hybridized carbons (Fsp3) is 0.556.